The van der Waals surface area contributed by atoms with Gasteiger partial charge < -0.3 is 4.74 Å². The molecule has 0 aliphatic carbocycles. The van der Waals surface area contributed by atoms with Crippen molar-refractivity contribution in [3.05, 3.63) is 42.0 Å². The van der Waals surface area contributed by atoms with Crippen molar-refractivity contribution in [3.63, 3.8) is 0 Å². The third-order valence-electron chi connectivity index (χ3n) is 2.27. The molecule has 1 aliphatic rings. The number of benzene rings is 1. The van der Waals surface area contributed by atoms with E-state index in [0.717, 1.165) is 6.61 Å². The smallest absolute Gasteiger partial charge is 0.0759 e. The average molecular weight is 174 g/mol. The highest BCUT2D eigenvalue weighted by atomic mass is 16.5. The van der Waals surface area contributed by atoms with Gasteiger partial charge in [0.15, 0.2) is 0 Å². The highest BCUT2D eigenvalue weighted by molar-refractivity contribution is 5.49. The van der Waals surface area contributed by atoms with Crippen LogP contribution in [0.5, 0.6) is 0 Å². The lowest BCUT2D eigenvalue weighted by atomic mass is 10.1. The van der Waals surface area contributed by atoms with Gasteiger partial charge in [-0.15, -0.1) is 0 Å². The first-order chi connectivity index (χ1) is 6.45. The van der Waals surface area contributed by atoms with Crippen molar-refractivity contribution in [2.45, 2.75) is 18.9 Å². The molecule has 0 saturated carbocycles. The summed E-state index contributed by atoms with van der Waals surface area (Å²) in [6, 6.07) is 10.3. The second-order valence-electron chi connectivity index (χ2n) is 3.32. The quantitative estimate of drug-likeness (QED) is 0.670. The molecule has 0 amide bonds. The van der Waals surface area contributed by atoms with Gasteiger partial charge in [0.1, 0.15) is 0 Å². The maximum absolute atomic E-state index is 5.49. The Morgan fingerprint density at radius 3 is 2.77 bits per heavy atom. The van der Waals surface area contributed by atoms with E-state index in [4.69, 9.17) is 4.74 Å². The molecule has 0 spiro atoms. The SMILES string of the molecule is C(=C\[C@@H]1CCCO1)/c1ccccc1. The second-order valence-corrected chi connectivity index (χ2v) is 3.32. The summed E-state index contributed by atoms with van der Waals surface area (Å²) in [5, 5.41) is 0. The lowest BCUT2D eigenvalue weighted by Crippen LogP contribution is -1.98. The number of rotatable bonds is 2. The van der Waals surface area contributed by atoms with Crippen molar-refractivity contribution in [2.24, 2.45) is 0 Å². The first-order valence-electron chi connectivity index (χ1n) is 4.80. The lowest BCUT2D eigenvalue weighted by Gasteiger charge is -2.00. The van der Waals surface area contributed by atoms with E-state index in [1.807, 2.05) is 6.07 Å². The summed E-state index contributed by atoms with van der Waals surface area (Å²) < 4.78 is 5.49. The Morgan fingerprint density at radius 1 is 1.23 bits per heavy atom. The largest absolute Gasteiger partial charge is 0.374 e. The minimum Gasteiger partial charge on any atom is -0.374 e. The minimum absolute atomic E-state index is 0.347. The fourth-order valence-corrected chi connectivity index (χ4v) is 1.54. The topological polar surface area (TPSA) is 9.23 Å². The van der Waals surface area contributed by atoms with E-state index in [1.165, 1.54) is 18.4 Å². The predicted octanol–water partition coefficient (Wildman–Crippen LogP) is 2.88. The first-order valence-corrected chi connectivity index (χ1v) is 4.80. The summed E-state index contributed by atoms with van der Waals surface area (Å²) in [6.07, 6.45) is 7.01. The van der Waals surface area contributed by atoms with Gasteiger partial charge in [-0.05, 0) is 18.4 Å². The standard InChI is InChI=1S/C12H14O/c1-2-5-11(6-3-1)8-9-12-7-4-10-13-12/h1-3,5-6,8-9,12H,4,7,10H2/b9-8+/t12-/m0/s1. The molecule has 1 aliphatic heterocycles. The Hall–Kier alpha value is -1.08. The van der Waals surface area contributed by atoms with Crippen LogP contribution in [-0.4, -0.2) is 12.7 Å². The summed E-state index contributed by atoms with van der Waals surface area (Å²) in [6.45, 7) is 0.920. The molecule has 1 aromatic carbocycles. The minimum atomic E-state index is 0.347. The van der Waals surface area contributed by atoms with Gasteiger partial charge in [-0.3, -0.25) is 0 Å². The monoisotopic (exact) mass is 174 g/mol. The highest BCUT2D eigenvalue weighted by Gasteiger charge is 2.10. The van der Waals surface area contributed by atoms with Crippen molar-refractivity contribution in [3.8, 4) is 0 Å². The average Bonchev–Trinajstić information content (AvgIpc) is 2.69. The molecule has 1 saturated heterocycles. The molecule has 13 heavy (non-hydrogen) atoms. The van der Waals surface area contributed by atoms with Gasteiger partial charge in [-0.1, -0.05) is 42.5 Å². The molecule has 0 radical (unpaired) electrons. The zero-order valence-electron chi connectivity index (χ0n) is 7.65. The van der Waals surface area contributed by atoms with Crippen LogP contribution in [0.3, 0.4) is 0 Å². The summed E-state index contributed by atoms with van der Waals surface area (Å²) in [5.41, 5.74) is 1.25. The fraction of sp³-hybridized carbons (Fsp3) is 0.333. The van der Waals surface area contributed by atoms with Gasteiger partial charge in [0.05, 0.1) is 6.10 Å². The fourth-order valence-electron chi connectivity index (χ4n) is 1.54. The van der Waals surface area contributed by atoms with Gasteiger partial charge in [0, 0.05) is 6.61 Å². The Kier molecular flexibility index (Phi) is 2.78. The van der Waals surface area contributed by atoms with E-state index in [2.05, 4.69) is 36.4 Å². The van der Waals surface area contributed by atoms with E-state index in [-0.39, 0.29) is 0 Å². The molecule has 1 aromatic rings. The zero-order chi connectivity index (χ0) is 8.93. The Balaban J connectivity index is 1.97. The van der Waals surface area contributed by atoms with Crippen LogP contribution < -0.4 is 0 Å². The zero-order valence-corrected chi connectivity index (χ0v) is 7.65. The van der Waals surface area contributed by atoms with Gasteiger partial charge >= 0.3 is 0 Å². The lowest BCUT2D eigenvalue weighted by molar-refractivity contribution is 0.146. The highest BCUT2D eigenvalue weighted by Crippen LogP contribution is 2.14. The molecular weight excluding hydrogens is 160 g/mol. The van der Waals surface area contributed by atoms with E-state index >= 15 is 0 Å². The van der Waals surface area contributed by atoms with E-state index in [0.29, 0.717) is 6.10 Å². The van der Waals surface area contributed by atoms with E-state index in [9.17, 15) is 0 Å². The van der Waals surface area contributed by atoms with Gasteiger partial charge in [-0.25, -0.2) is 0 Å². The van der Waals surface area contributed by atoms with Crippen LogP contribution in [0.4, 0.5) is 0 Å². The third kappa shape index (κ3) is 2.43. The van der Waals surface area contributed by atoms with Crippen molar-refractivity contribution >= 4 is 6.08 Å². The molecule has 1 fully saturated rings. The molecule has 1 heterocycles. The van der Waals surface area contributed by atoms with Gasteiger partial charge in [0.25, 0.3) is 0 Å². The second kappa shape index (κ2) is 4.24. The molecular formula is C12H14O. The summed E-state index contributed by atoms with van der Waals surface area (Å²) in [7, 11) is 0. The normalized spacial score (nSPS) is 22.6. The van der Waals surface area contributed by atoms with Crippen LogP contribution in [-0.2, 0) is 4.74 Å². The van der Waals surface area contributed by atoms with Crippen LogP contribution in [0, 0.1) is 0 Å². The summed E-state index contributed by atoms with van der Waals surface area (Å²) in [4.78, 5) is 0. The van der Waals surface area contributed by atoms with Gasteiger partial charge in [-0.2, -0.15) is 0 Å². The first kappa shape index (κ1) is 8.52. The maximum atomic E-state index is 5.49. The molecule has 1 atom stereocenters. The van der Waals surface area contributed by atoms with Crippen molar-refractivity contribution in [1.82, 2.24) is 0 Å². The number of hydrogen-bond acceptors (Lipinski definition) is 1. The van der Waals surface area contributed by atoms with Gasteiger partial charge in [0.2, 0.25) is 0 Å². The van der Waals surface area contributed by atoms with Crippen LogP contribution in [0.15, 0.2) is 36.4 Å². The molecule has 1 heteroatoms. The van der Waals surface area contributed by atoms with Crippen LogP contribution in [0.1, 0.15) is 18.4 Å². The Bertz CT molecular complexity index is 270. The number of hydrogen-bond donors (Lipinski definition) is 0. The molecule has 2 rings (SSSR count). The molecule has 1 nitrogen and oxygen atoms in total. The van der Waals surface area contributed by atoms with Crippen LogP contribution >= 0.6 is 0 Å². The summed E-state index contributed by atoms with van der Waals surface area (Å²) >= 11 is 0. The van der Waals surface area contributed by atoms with Crippen molar-refractivity contribution in [2.75, 3.05) is 6.61 Å². The van der Waals surface area contributed by atoms with Crippen molar-refractivity contribution < 1.29 is 4.74 Å². The van der Waals surface area contributed by atoms with Crippen molar-refractivity contribution in [1.29, 1.82) is 0 Å². The maximum Gasteiger partial charge on any atom is 0.0759 e. The molecule has 0 bridgehead atoms. The summed E-state index contributed by atoms with van der Waals surface area (Å²) in [5.74, 6) is 0. The molecule has 0 unspecified atom stereocenters. The van der Waals surface area contributed by atoms with Crippen LogP contribution in [0.25, 0.3) is 6.08 Å². The predicted molar refractivity (Wildman–Crippen MR) is 54.5 cm³/mol. The number of ether oxygens (including phenoxy) is 1. The Morgan fingerprint density at radius 2 is 2.08 bits per heavy atom. The molecule has 0 aromatic heterocycles. The molecule has 0 N–H and O–H groups in total. The molecule has 68 valence electrons. The van der Waals surface area contributed by atoms with Crippen LogP contribution in [0.2, 0.25) is 0 Å². The Labute approximate surface area is 79.0 Å². The third-order valence-corrected chi connectivity index (χ3v) is 2.27. The van der Waals surface area contributed by atoms with E-state index in [1.54, 1.807) is 0 Å². The van der Waals surface area contributed by atoms with E-state index < -0.39 is 0 Å².